The molecule has 1 atom stereocenters. The first-order chi connectivity index (χ1) is 11.0. The van der Waals surface area contributed by atoms with Crippen LogP contribution in [0.4, 0.5) is 8.78 Å². The minimum atomic E-state index is -2.94. The number of aromatic nitrogens is 1. The Labute approximate surface area is 135 Å². The molecule has 1 unspecified atom stereocenters. The molecule has 23 heavy (non-hydrogen) atoms. The monoisotopic (exact) mass is 340 g/mol. The molecule has 0 fully saturated rings. The Morgan fingerprint density at radius 3 is 2.83 bits per heavy atom. The number of benzene rings is 1. The molecule has 0 aliphatic rings. The van der Waals surface area contributed by atoms with E-state index in [0.29, 0.717) is 5.56 Å². The van der Waals surface area contributed by atoms with Gasteiger partial charge in [-0.2, -0.15) is 8.78 Å². The van der Waals surface area contributed by atoms with Gasteiger partial charge in [0, 0.05) is 12.7 Å². The van der Waals surface area contributed by atoms with Gasteiger partial charge in [-0.05, 0) is 29.8 Å². The molecule has 1 amide bonds. The summed E-state index contributed by atoms with van der Waals surface area (Å²) in [7, 11) is 0. The highest BCUT2D eigenvalue weighted by atomic mass is 32.1. The number of hydrogen-bond acceptors (Lipinski definition) is 4. The number of rotatable bonds is 6. The molecule has 5 nitrogen and oxygen atoms in total. The third-order valence-corrected chi connectivity index (χ3v) is 3.32. The normalized spacial score (nSPS) is 12.0. The summed E-state index contributed by atoms with van der Waals surface area (Å²) in [6.45, 7) is -3.04. The summed E-state index contributed by atoms with van der Waals surface area (Å²) >= 11 is 4.99. The van der Waals surface area contributed by atoms with Crippen LogP contribution in [-0.4, -0.2) is 29.2 Å². The molecule has 122 valence electrons. The van der Waals surface area contributed by atoms with Crippen molar-refractivity contribution in [3.8, 4) is 5.75 Å². The van der Waals surface area contributed by atoms with E-state index in [1.54, 1.807) is 24.4 Å². The Morgan fingerprint density at radius 2 is 2.13 bits per heavy atom. The number of aromatic amines is 1. The summed E-state index contributed by atoms with van der Waals surface area (Å²) in [6, 6.07) is 8.85. The number of carbonyl (C=O) groups excluding carboxylic acids is 1. The van der Waals surface area contributed by atoms with Crippen LogP contribution in [0.5, 0.6) is 5.75 Å². The molecule has 0 saturated carbocycles. The topological polar surface area (TPSA) is 74.3 Å². The van der Waals surface area contributed by atoms with Crippen molar-refractivity contribution >= 4 is 18.1 Å². The Morgan fingerprint density at radius 1 is 1.35 bits per heavy atom. The second-order valence-electron chi connectivity index (χ2n) is 4.59. The van der Waals surface area contributed by atoms with Crippen LogP contribution in [0.25, 0.3) is 0 Å². The van der Waals surface area contributed by atoms with Crippen molar-refractivity contribution in [1.29, 1.82) is 0 Å². The molecule has 1 aromatic heterocycles. The van der Waals surface area contributed by atoms with E-state index in [1.165, 1.54) is 18.2 Å². The molecule has 2 rings (SSSR count). The van der Waals surface area contributed by atoms with E-state index in [9.17, 15) is 18.7 Å². The minimum absolute atomic E-state index is 0.0617. The fraction of sp³-hybridized carbons (Fsp3) is 0.200. The van der Waals surface area contributed by atoms with Gasteiger partial charge in [0.05, 0.1) is 11.7 Å². The predicted octanol–water partition coefficient (Wildman–Crippen LogP) is 2.81. The van der Waals surface area contributed by atoms with Crippen LogP contribution in [-0.2, 0) is 0 Å². The van der Waals surface area contributed by atoms with Crippen LogP contribution < -0.4 is 10.1 Å². The third-order valence-electron chi connectivity index (χ3n) is 2.99. The first-order valence-corrected chi connectivity index (χ1v) is 7.07. The van der Waals surface area contributed by atoms with E-state index in [2.05, 4.69) is 15.0 Å². The molecular formula is C15H14F2N2O3S. The minimum Gasteiger partial charge on any atom is -0.435 e. The van der Waals surface area contributed by atoms with Crippen LogP contribution in [0, 0.1) is 4.64 Å². The van der Waals surface area contributed by atoms with Gasteiger partial charge in [0.25, 0.3) is 5.91 Å². The lowest BCUT2D eigenvalue weighted by atomic mass is 10.1. The maximum absolute atomic E-state index is 12.2. The van der Waals surface area contributed by atoms with Gasteiger partial charge in [-0.15, -0.1) is 0 Å². The number of carbonyl (C=O) groups is 1. The van der Waals surface area contributed by atoms with Crippen molar-refractivity contribution in [2.24, 2.45) is 0 Å². The summed E-state index contributed by atoms with van der Waals surface area (Å²) in [5.41, 5.74) is 0.631. The van der Waals surface area contributed by atoms with Crippen LogP contribution in [0.15, 0.2) is 42.6 Å². The van der Waals surface area contributed by atoms with Crippen molar-refractivity contribution in [3.63, 3.8) is 0 Å². The number of aliphatic hydroxyl groups excluding tert-OH is 1. The quantitative estimate of drug-likeness (QED) is 0.707. The number of nitrogens with one attached hydrogen (secondary N) is 2. The van der Waals surface area contributed by atoms with Crippen molar-refractivity contribution in [2.45, 2.75) is 12.7 Å². The summed E-state index contributed by atoms with van der Waals surface area (Å²) in [6.07, 6.45) is 0.532. The van der Waals surface area contributed by atoms with E-state index >= 15 is 0 Å². The zero-order valence-corrected chi connectivity index (χ0v) is 12.6. The molecule has 0 bridgehead atoms. The van der Waals surface area contributed by atoms with Gasteiger partial charge in [0.2, 0.25) is 0 Å². The number of amides is 1. The van der Waals surface area contributed by atoms with Crippen molar-refractivity contribution in [2.75, 3.05) is 6.54 Å². The third kappa shape index (κ3) is 4.83. The van der Waals surface area contributed by atoms with E-state index in [4.69, 9.17) is 12.2 Å². The van der Waals surface area contributed by atoms with E-state index in [0.717, 1.165) is 0 Å². The van der Waals surface area contributed by atoms with Crippen LogP contribution in [0.2, 0.25) is 0 Å². The Balaban J connectivity index is 1.99. The van der Waals surface area contributed by atoms with Gasteiger partial charge in [-0.25, -0.2) is 0 Å². The van der Waals surface area contributed by atoms with Gasteiger partial charge in [-0.3, -0.25) is 4.79 Å². The lowest BCUT2D eigenvalue weighted by Crippen LogP contribution is -2.28. The average molecular weight is 340 g/mol. The molecule has 2 aromatic rings. The van der Waals surface area contributed by atoms with Gasteiger partial charge in [0.15, 0.2) is 0 Å². The first kappa shape index (κ1) is 17.0. The zero-order valence-electron chi connectivity index (χ0n) is 11.8. The second kappa shape index (κ2) is 7.80. The van der Waals surface area contributed by atoms with E-state index < -0.39 is 18.6 Å². The average Bonchev–Trinajstić information content (AvgIpc) is 2.52. The maximum Gasteiger partial charge on any atom is 0.387 e. The zero-order chi connectivity index (χ0) is 16.8. The maximum atomic E-state index is 12.2. The smallest absolute Gasteiger partial charge is 0.387 e. The lowest BCUT2D eigenvalue weighted by molar-refractivity contribution is -0.0499. The van der Waals surface area contributed by atoms with Crippen molar-refractivity contribution in [3.05, 3.63) is 58.4 Å². The highest BCUT2D eigenvalue weighted by Gasteiger charge is 2.13. The molecule has 8 heteroatoms. The van der Waals surface area contributed by atoms with Gasteiger partial charge >= 0.3 is 6.61 Å². The molecular weight excluding hydrogens is 326 g/mol. The Hall–Kier alpha value is -2.32. The van der Waals surface area contributed by atoms with Crippen LogP contribution >= 0.6 is 12.2 Å². The predicted molar refractivity (Wildman–Crippen MR) is 82.0 cm³/mol. The first-order valence-electron chi connectivity index (χ1n) is 6.66. The number of hydrogen-bond donors (Lipinski definition) is 3. The van der Waals surface area contributed by atoms with Crippen molar-refractivity contribution in [1.82, 2.24) is 10.3 Å². The van der Waals surface area contributed by atoms with Crippen LogP contribution in [0.1, 0.15) is 22.0 Å². The number of aliphatic hydroxyl groups is 1. The van der Waals surface area contributed by atoms with Gasteiger partial charge in [-0.1, -0.05) is 24.4 Å². The summed E-state index contributed by atoms with van der Waals surface area (Å²) in [5, 5.41) is 12.6. The molecule has 0 radical (unpaired) electrons. The summed E-state index contributed by atoms with van der Waals surface area (Å²) in [4.78, 5) is 14.7. The number of ether oxygens (including phenoxy) is 1. The standard InChI is InChI=1S/C15H14F2N2O3S/c16-15(17)22-10-4-1-3-9(7-10)12(20)8-19-13(21)11-5-2-6-18-14(11)23/h1-7,12,15,20H,8H2,(H,18,23)(H,19,21). The highest BCUT2D eigenvalue weighted by molar-refractivity contribution is 7.71. The number of pyridine rings is 1. The summed E-state index contributed by atoms with van der Waals surface area (Å²) in [5.74, 6) is -0.501. The second-order valence-corrected chi connectivity index (χ2v) is 5.00. The molecule has 0 aliphatic heterocycles. The Kier molecular flexibility index (Phi) is 5.78. The lowest BCUT2D eigenvalue weighted by Gasteiger charge is -2.13. The highest BCUT2D eigenvalue weighted by Crippen LogP contribution is 2.20. The molecule has 0 aliphatic carbocycles. The van der Waals surface area contributed by atoms with Crippen LogP contribution in [0.3, 0.4) is 0 Å². The number of H-pyrrole nitrogens is 1. The molecule has 3 N–H and O–H groups in total. The number of alkyl halides is 2. The molecule has 0 spiro atoms. The molecule has 1 heterocycles. The number of halogens is 2. The van der Waals surface area contributed by atoms with E-state index in [1.807, 2.05) is 0 Å². The molecule has 1 aromatic carbocycles. The van der Waals surface area contributed by atoms with Gasteiger partial charge in [0.1, 0.15) is 10.4 Å². The fourth-order valence-corrected chi connectivity index (χ4v) is 2.13. The van der Waals surface area contributed by atoms with Gasteiger partial charge < -0.3 is 20.1 Å². The molecule has 0 saturated heterocycles. The van der Waals surface area contributed by atoms with E-state index in [-0.39, 0.29) is 22.5 Å². The SMILES string of the molecule is O=C(NCC(O)c1cccc(OC(F)F)c1)c1ccc[nH]c1=S. The largest absolute Gasteiger partial charge is 0.435 e. The Bertz CT molecular complexity index is 736. The summed E-state index contributed by atoms with van der Waals surface area (Å²) < 4.78 is 28.9. The fourth-order valence-electron chi connectivity index (χ4n) is 1.90. The van der Waals surface area contributed by atoms with Crippen molar-refractivity contribution < 1.29 is 23.4 Å².